The third-order valence-corrected chi connectivity index (χ3v) is 4.67. The van der Waals surface area contributed by atoms with Gasteiger partial charge in [0.05, 0.1) is 38.4 Å². The second-order valence-electron chi connectivity index (χ2n) is 6.24. The van der Waals surface area contributed by atoms with E-state index in [1.54, 1.807) is 31.4 Å². The van der Waals surface area contributed by atoms with Crippen LogP contribution in [-0.2, 0) is 20.9 Å². The zero-order chi connectivity index (χ0) is 20.3. The monoisotopic (exact) mass is 402 g/mol. The number of benzene rings is 2. The van der Waals surface area contributed by atoms with Gasteiger partial charge in [0.15, 0.2) is 0 Å². The minimum atomic E-state index is -1.04. The predicted molar refractivity (Wildman–Crippen MR) is 104 cm³/mol. The second kappa shape index (κ2) is 8.31. The first-order valence-electron chi connectivity index (χ1n) is 8.54. The number of hydrogen-bond acceptors (Lipinski definition) is 5. The highest BCUT2D eigenvalue weighted by atomic mass is 35.5. The first kappa shape index (κ1) is 19.7. The standard InChI is InChI=1S/C20H19ClN2O5/c1-27-14-5-3-4-12(8-14)11-23-17-7-6-13(21)9-15(17)19(25)22-16(20(23)26)10-18(24)28-2/h3-9,16H,10-11H2,1-2H3,(H,22,25)/t16-/m0/s1. The summed E-state index contributed by atoms with van der Waals surface area (Å²) < 4.78 is 9.90. The Hall–Kier alpha value is -3.06. The van der Waals surface area contributed by atoms with E-state index in [9.17, 15) is 14.4 Å². The molecule has 8 heteroatoms. The maximum Gasteiger partial charge on any atom is 0.308 e. The maximum atomic E-state index is 13.2. The summed E-state index contributed by atoms with van der Waals surface area (Å²) in [6, 6.07) is 11.0. The zero-order valence-corrected chi connectivity index (χ0v) is 16.2. The van der Waals surface area contributed by atoms with Crippen molar-refractivity contribution >= 4 is 35.1 Å². The number of fused-ring (bicyclic) bond motifs is 1. The van der Waals surface area contributed by atoms with E-state index in [1.165, 1.54) is 18.1 Å². The van der Waals surface area contributed by atoms with Crippen LogP contribution in [0.5, 0.6) is 5.75 Å². The van der Waals surface area contributed by atoms with Gasteiger partial charge in [-0.2, -0.15) is 0 Å². The van der Waals surface area contributed by atoms with Crippen LogP contribution in [0.3, 0.4) is 0 Å². The third kappa shape index (κ3) is 4.09. The lowest BCUT2D eigenvalue weighted by Gasteiger charge is -2.25. The van der Waals surface area contributed by atoms with E-state index in [2.05, 4.69) is 10.1 Å². The van der Waals surface area contributed by atoms with Crippen molar-refractivity contribution in [2.45, 2.75) is 19.0 Å². The fourth-order valence-corrected chi connectivity index (χ4v) is 3.21. The third-order valence-electron chi connectivity index (χ3n) is 4.44. The first-order valence-corrected chi connectivity index (χ1v) is 8.92. The van der Waals surface area contributed by atoms with Gasteiger partial charge in [0.1, 0.15) is 11.8 Å². The molecular weight excluding hydrogens is 384 g/mol. The van der Waals surface area contributed by atoms with Gasteiger partial charge in [-0.1, -0.05) is 23.7 Å². The van der Waals surface area contributed by atoms with Gasteiger partial charge in [0.25, 0.3) is 11.8 Å². The largest absolute Gasteiger partial charge is 0.497 e. The van der Waals surface area contributed by atoms with Crippen molar-refractivity contribution in [2.75, 3.05) is 19.1 Å². The molecule has 1 aliphatic heterocycles. The van der Waals surface area contributed by atoms with Crippen LogP contribution in [0.15, 0.2) is 42.5 Å². The van der Waals surface area contributed by atoms with Crippen LogP contribution >= 0.6 is 11.6 Å². The Labute approximate surface area is 167 Å². The van der Waals surface area contributed by atoms with Crippen molar-refractivity contribution in [1.82, 2.24) is 5.32 Å². The van der Waals surface area contributed by atoms with Gasteiger partial charge < -0.3 is 19.7 Å². The van der Waals surface area contributed by atoms with Gasteiger partial charge in [-0.15, -0.1) is 0 Å². The Morgan fingerprint density at radius 2 is 1.96 bits per heavy atom. The smallest absolute Gasteiger partial charge is 0.308 e. The molecule has 1 aliphatic rings. The summed E-state index contributed by atoms with van der Waals surface area (Å²) in [7, 11) is 2.79. The van der Waals surface area contributed by atoms with Gasteiger partial charge >= 0.3 is 5.97 Å². The van der Waals surface area contributed by atoms with Crippen LogP contribution in [0.2, 0.25) is 5.02 Å². The molecule has 0 aromatic heterocycles. The van der Waals surface area contributed by atoms with Crippen LogP contribution in [0.4, 0.5) is 5.69 Å². The van der Waals surface area contributed by atoms with Crippen LogP contribution < -0.4 is 15.0 Å². The molecule has 0 aliphatic carbocycles. The molecule has 28 heavy (non-hydrogen) atoms. The lowest BCUT2D eigenvalue weighted by Crippen LogP contribution is -2.46. The van der Waals surface area contributed by atoms with Crippen LogP contribution in [-0.4, -0.2) is 38.0 Å². The quantitative estimate of drug-likeness (QED) is 0.777. The molecule has 1 heterocycles. The molecule has 0 spiro atoms. The molecule has 0 saturated carbocycles. The molecule has 0 radical (unpaired) electrons. The molecule has 0 fully saturated rings. The van der Waals surface area contributed by atoms with Crippen molar-refractivity contribution in [3.05, 3.63) is 58.6 Å². The first-order chi connectivity index (χ1) is 13.4. The van der Waals surface area contributed by atoms with E-state index < -0.39 is 23.8 Å². The Bertz CT molecular complexity index is 931. The summed E-state index contributed by atoms with van der Waals surface area (Å²) in [5.41, 5.74) is 1.48. The van der Waals surface area contributed by atoms with E-state index in [4.69, 9.17) is 16.3 Å². The van der Waals surface area contributed by atoms with Crippen molar-refractivity contribution < 1.29 is 23.9 Å². The number of rotatable bonds is 5. The number of carbonyl (C=O) groups excluding carboxylic acids is 3. The summed E-state index contributed by atoms with van der Waals surface area (Å²) in [5, 5.41) is 2.97. The topological polar surface area (TPSA) is 84.9 Å². The number of amides is 2. The van der Waals surface area contributed by atoms with E-state index in [1.807, 2.05) is 12.1 Å². The minimum Gasteiger partial charge on any atom is -0.497 e. The fourth-order valence-electron chi connectivity index (χ4n) is 3.03. The van der Waals surface area contributed by atoms with E-state index in [0.717, 1.165) is 5.56 Å². The van der Waals surface area contributed by atoms with Gasteiger partial charge in [-0.3, -0.25) is 14.4 Å². The number of ether oxygens (including phenoxy) is 2. The van der Waals surface area contributed by atoms with E-state index in [-0.39, 0.29) is 18.5 Å². The number of carbonyl (C=O) groups is 3. The minimum absolute atomic E-state index is 0.192. The lowest BCUT2D eigenvalue weighted by molar-refractivity contribution is -0.142. The molecule has 7 nitrogen and oxygen atoms in total. The van der Waals surface area contributed by atoms with Gasteiger partial charge in [0, 0.05) is 5.02 Å². The average Bonchev–Trinajstić information content (AvgIpc) is 2.79. The molecule has 0 unspecified atom stereocenters. The summed E-state index contributed by atoms with van der Waals surface area (Å²) in [6.45, 7) is 0.192. The number of halogens is 1. The van der Waals surface area contributed by atoms with E-state index >= 15 is 0 Å². The van der Waals surface area contributed by atoms with Gasteiger partial charge in [-0.25, -0.2) is 0 Å². The average molecular weight is 403 g/mol. The molecule has 2 aromatic carbocycles. The predicted octanol–water partition coefficient (Wildman–Crippen LogP) is 2.56. The van der Waals surface area contributed by atoms with Crippen molar-refractivity contribution in [2.24, 2.45) is 0 Å². The van der Waals surface area contributed by atoms with Crippen LogP contribution in [0.25, 0.3) is 0 Å². The Morgan fingerprint density at radius 1 is 1.18 bits per heavy atom. The molecule has 146 valence electrons. The molecule has 2 aromatic rings. The zero-order valence-electron chi connectivity index (χ0n) is 15.4. The molecule has 1 N–H and O–H groups in total. The highest BCUT2D eigenvalue weighted by Crippen LogP contribution is 2.30. The number of hydrogen-bond donors (Lipinski definition) is 1. The van der Waals surface area contributed by atoms with Crippen LogP contribution in [0, 0.1) is 0 Å². The number of esters is 1. The van der Waals surface area contributed by atoms with Gasteiger partial charge in [-0.05, 0) is 35.9 Å². The lowest BCUT2D eigenvalue weighted by atomic mass is 10.1. The summed E-state index contributed by atoms with van der Waals surface area (Å²) >= 11 is 6.05. The fraction of sp³-hybridized carbons (Fsp3) is 0.250. The van der Waals surface area contributed by atoms with Gasteiger partial charge in [0.2, 0.25) is 0 Å². The molecule has 3 rings (SSSR count). The molecule has 2 amide bonds. The number of nitrogens with zero attached hydrogens (tertiary/aromatic N) is 1. The molecular formula is C20H19ClN2O5. The number of anilines is 1. The normalized spacial score (nSPS) is 16.1. The summed E-state index contributed by atoms with van der Waals surface area (Å²) in [6.07, 6.45) is -0.266. The SMILES string of the molecule is COC(=O)C[C@@H]1NC(=O)c2cc(Cl)ccc2N(Cc2cccc(OC)c2)C1=O. The molecule has 1 atom stereocenters. The Balaban J connectivity index is 2.03. The van der Waals surface area contributed by atoms with Crippen molar-refractivity contribution in [3.63, 3.8) is 0 Å². The molecule has 0 bridgehead atoms. The number of methoxy groups -OCH3 is 2. The Kier molecular flexibility index (Phi) is 5.84. The summed E-state index contributed by atoms with van der Waals surface area (Å²) in [5.74, 6) is -0.837. The summed E-state index contributed by atoms with van der Waals surface area (Å²) in [4.78, 5) is 39.1. The van der Waals surface area contributed by atoms with Crippen molar-refractivity contribution in [3.8, 4) is 5.75 Å². The van der Waals surface area contributed by atoms with E-state index in [0.29, 0.717) is 16.5 Å². The van der Waals surface area contributed by atoms with Crippen molar-refractivity contribution in [1.29, 1.82) is 0 Å². The second-order valence-corrected chi connectivity index (χ2v) is 6.68. The highest BCUT2D eigenvalue weighted by Gasteiger charge is 2.35. The highest BCUT2D eigenvalue weighted by molar-refractivity contribution is 6.31. The van der Waals surface area contributed by atoms with Crippen LogP contribution in [0.1, 0.15) is 22.3 Å². The molecule has 0 saturated heterocycles. The Morgan fingerprint density at radius 3 is 2.68 bits per heavy atom. The number of nitrogens with one attached hydrogen (secondary N) is 1. The maximum absolute atomic E-state index is 13.2.